The Morgan fingerprint density at radius 1 is 1.17 bits per heavy atom. The fourth-order valence-corrected chi connectivity index (χ4v) is 2.93. The first-order valence-electron chi connectivity index (χ1n) is 9.56. The average molecular weight is 417 g/mol. The second kappa shape index (κ2) is 9.89. The Morgan fingerprint density at radius 3 is 2.24 bits per heavy atom. The molecule has 1 aliphatic rings. The van der Waals surface area contributed by atoms with Crippen molar-refractivity contribution in [2.45, 2.75) is 77.2 Å². The van der Waals surface area contributed by atoms with Crippen LogP contribution in [0.2, 0.25) is 0 Å². The van der Waals surface area contributed by atoms with Gasteiger partial charge in [0.15, 0.2) is 0 Å². The van der Waals surface area contributed by atoms with E-state index in [1.54, 1.807) is 20.8 Å². The van der Waals surface area contributed by atoms with Crippen LogP contribution in [0.4, 0.5) is 9.18 Å². The predicted molar refractivity (Wildman–Crippen MR) is 103 cm³/mol. The summed E-state index contributed by atoms with van der Waals surface area (Å²) in [5.41, 5.74) is -2.58. The number of nitrogens with one attached hydrogen (secondary N) is 3. The van der Waals surface area contributed by atoms with Gasteiger partial charge in [-0.25, -0.2) is 14.0 Å². The van der Waals surface area contributed by atoms with E-state index in [0.29, 0.717) is 13.0 Å². The summed E-state index contributed by atoms with van der Waals surface area (Å²) in [4.78, 5) is 48.7. The van der Waals surface area contributed by atoms with Crippen molar-refractivity contribution in [1.82, 2.24) is 16.0 Å². The van der Waals surface area contributed by atoms with Gasteiger partial charge in [-0.05, 0) is 47.5 Å². The Bertz CT molecular complexity index is 626. The number of alkyl halides is 1. The summed E-state index contributed by atoms with van der Waals surface area (Å²) >= 11 is 0. The molecule has 3 amide bonds. The molecule has 0 aliphatic carbocycles. The number of methoxy groups -OCH3 is 1. The molecule has 0 aromatic heterocycles. The van der Waals surface area contributed by atoms with E-state index in [2.05, 4.69) is 16.0 Å². The Kier molecular flexibility index (Phi) is 8.40. The minimum absolute atomic E-state index is 0.0441. The van der Waals surface area contributed by atoms with Gasteiger partial charge in [0.25, 0.3) is 0 Å². The van der Waals surface area contributed by atoms with E-state index in [-0.39, 0.29) is 18.7 Å². The largest absolute Gasteiger partial charge is 0.467 e. The lowest BCUT2D eigenvalue weighted by atomic mass is 9.96. The van der Waals surface area contributed by atoms with Crippen LogP contribution < -0.4 is 16.0 Å². The van der Waals surface area contributed by atoms with Crippen molar-refractivity contribution in [2.24, 2.45) is 5.92 Å². The highest BCUT2D eigenvalue weighted by molar-refractivity contribution is 5.90. The summed E-state index contributed by atoms with van der Waals surface area (Å²) in [5.74, 6) is -2.15. The van der Waals surface area contributed by atoms with Gasteiger partial charge in [0.2, 0.25) is 11.8 Å². The van der Waals surface area contributed by atoms with Crippen molar-refractivity contribution >= 4 is 23.9 Å². The van der Waals surface area contributed by atoms with E-state index in [9.17, 15) is 23.6 Å². The summed E-state index contributed by atoms with van der Waals surface area (Å²) in [6, 6.07) is -2.39. The third-order valence-electron chi connectivity index (χ3n) is 4.18. The topological polar surface area (TPSA) is 123 Å². The normalized spacial score (nSPS) is 19.0. The molecular formula is C19H32FN3O6. The Balaban J connectivity index is 2.91. The number of amides is 3. The van der Waals surface area contributed by atoms with E-state index in [4.69, 9.17) is 9.47 Å². The zero-order valence-corrected chi connectivity index (χ0v) is 17.9. The number of rotatable bonds is 8. The second-order valence-corrected chi connectivity index (χ2v) is 8.72. The summed E-state index contributed by atoms with van der Waals surface area (Å²) in [6.45, 7) is 7.99. The van der Waals surface area contributed by atoms with E-state index in [1.165, 1.54) is 13.8 Å². The lowest BCUT2D eigenvalue weighted by Crippen LogP contribution is -2.54. The van der Waals surface area contributed by atoms with E-state index in [1.807, 2.05) is 0 Å². The molecule has 1 fully saturated rings. The van der Waals surface area contributed by atoms with Gasteiger partial charge in [-0.15, -0.1) is 0 Å². The number of esters is 1. The Morgan fingerprint density at radius 2 is 1.79 bits per heavy atom. The lowest BCUT2D eigenvalue weighted by Gasteiger charge is -2.27. The van der Waals surface area contributed by atoms with Crippen LogP contribution >= 0.6 is 0 Å². The monoisotopic (exact) mass is 417 g/mol. The molecule has 3 atom stereocenters. The molecule has 29 heavy (non-hydrogen) atoms. The van der Waals surface area contributed by atoms with Crippen molar-refractivity contribution < 1.29 is 33.0 Å². The maximum Gasteiger partial charge on any atom is 0.408 e. The molecule has 0 bridgehead atoms. The molecule has 1 aliphatic heterocycles. The molecule has 1 saturated heterocycles. The molecule has 3 N–H and O–H groups in total. The van der Waals surface area contributed by atoms with Crippen LogP contribution in [0.15, 0.2) is 0 Å². The predicted octanol–water partition coefficient (Wildman–Crippen LogP) is 1.20. The van der Waals surface area contributed by atoms with Gasteiger partial charge in [0.05, 0.1) is 7.11 Å². The van der Waals surface area contributed by atoms with Crippen LogP contribution in [-0.2, 0) is 23.9 Å². The van der Waals surface area contributed by atoms with Crippen LogP contribution in [0, 0.1) is 5.92 Å². The Hall–Kier alpha value is -2.39. The fourth-order valence-electron chi connectivity index (χ4n) is 2.93. The smallest absolute Gasteiger partial charge is 0.408 e. The van der Waals surface area contributed by atoms with Crippen molar-refractivity contribution in [3.8, 4) is 0 Å². The highest BCUT2D eigenvalue weighted by atomic mass is 19.1. The van der Waals surface area contributed by atoms with Crippen molar-refractivity contribution in [3.05, 3.63) is 0 Å². The molecule has 2 unspecified atom stereocenters. The molecule has 1 rings (SSSR count). The van der Waals surface area contributed by atoms with Gasteiger partial charge < -0.3 is 25.4 Å². The minimum Gasteiger partial charge on any atom is -0.467 e. The zero-order valence-electron chi connectivity index (χ0n) is 17.9. The number of hydrogen-bond donors (Lipinski definition) is 3. The summed E-state index contributed by atoms with van der Waals surface area (Å²) in [6.07, 6.45) is -0.649. The van der Waals surface area contributed by atoms with Crippen LogP contribution in [0.25, 0.3) is 0 Å². The highest BCUT2D eigenvalue weighted by Crippen LogP contribution is 2.19. The SMILES string of the molecule is COC(=O)C(C[C@@H]1CCNC1=O)NC(=O)C(CC(C)(C)F)NC(=O)OC(C)(C)C. The number of carbonyl (C=O) groups is 4. The van der Waals surface area contributed by atoms with Gasteiger partial charge in [-0.1, -0.05) is 0 Å². The molecule has 0 spiro atoms. The van der Waals surface area contributed by atoms with Gasteiger partial charge >= 0.3 is 12.1 Å². The number of alkyl carbamates (subject to hydrolysis) is 1. The molecule has 166 valence electrons. The standard InChI is InChI=1S/C19H32FN3O6/c1-18(2,3)29-17(27)23-13(10-19(4,5)20)15(25)22-12(16(26)28-6)9-11-7-8-21-14(11)24/h11-13H,7-10H2,1-6H3,(H,21,24)(H,22,25)(H,23,27)/t11-,12?,13?/m0/s1. The van der Waals surface area contributed by atoms with Crippen molar-refractivity contribution in [3.63, 3.8) is 0 Å². The molecular weight excluding hydrogens is 385 g/mol. The van der Waals surface area contributed by atoms with E-state index >= 15 is 0 Å². The van der Waals surface area contributed by atoms with Gasteiger partial charge in [-0.3, -0.25) is 9.59 Å². The summed E-state index contributed by atoms with van der Waals surface area (Å²) in [7, 11) is 1.16. The van der Waals surface area contributed by atoms with E-state index in [0.717, 1.165) is 7.11 Å². The fraction of sp³-hybridized carbons (Fsp3) is 0.789. The van der Waals surface area contributed by atoms with Crippen LogP contribution in [0.5, 0.6) is 0 Å². The van der Waals surface area contributed by atoms with Crippen molar-refractivity contribution in [2.75, 3.05) is 13.7 Å². The van der Waals surface area contributed by atoms with Crippen LogP contribution in [0.3, 0.4) is 0 Å². The molecule has 0 saturated carbocycles. The first-order valence-corrected chi connectivity index (χ1v) is 9.56. The number of carbonyl (C=O) groups excluding carboxylic acids is 4. The number of hydrogen-bond acceptors (Lipinski definition) is 6. The van der Waals surface area contributed by atoms with Crippen LogP contribution in [0.1, 0.15) is 53.9 Å². The highest BCUT2D eigenvalue weighted by Gasteiger charge is 2.36. The van der Waals surface area contributed by atoms with Gasteiger partial charge in [0, 0.05) is 18.9 Å². The molecule has 10 heteroatoms. The quantitative estimate of drug-likeness (QED) is 0.510. The molecule has 0 aromatic rings. The lowest BCUT2D eigenvalue weighted by molar-refractivity contribution is -0.146. The van der Waals surface area contributed by atoms with Crippen molar-refractivity contribution in [1.29, 1.82) is 0 Å². The first kappa shape index (κ1) is 24.6. The molecule has 1 heterocycles. The number of halogens is 1. The zero-order chi connectivity index (χ0) is 22.4. The maximum atomic E-state index is 14.2. The molecule has 0 aromatic carbocycles. The molecule has 0 radical (unpaired) electrons. The number of ether oxygens (including phenoxy) is 2. The van der Waals surface area contributed by atoms with Gasteiger partial charge in [-0.2, -0.15) is 0 Å². The average Bonchev–Trinajstić information content (AvgIpc) is 2.94. The Labute approximate surface area is 170 Å². The first-order chi connectivity index (χ1) is 13.2. The summed E-state index contributed by atoms with van der Waals surface area (Å²) < 4.78 is 24.1. The van der Waals surface area contributed by atoms with Gasteiger partial charge in [0.1, 0.15) is 23.4 Å². The third kappa shape index (κ3) is 9.10. The molecule has 9 nitrogen and oxygen atoms in total. The second-order valence-electron chi connectivity index (χ2n) is 8.72. The van der Waals surface area contributed by atoms with E-state index < -0.39 is 47.2 Å². The maximum absolute atomic E-state index is 14.2. The minimum atomic E-state index is -1.77. The third-order valence-corrected chi connectivity index (χ3v) is 4.18. The van der Waals surface area contributed by atoms with Crippen LogP contribution in [-0.4, -0.2) is 60.9 Å². The summed E-state index contributed by atoms with van der Waals surface area (Å²) in [5, 5.41) is 7.49.